The Bertz CT molecular complexity index is 839. The summed E-state index contributed by atoms with van der Waals surface area (Å²) in [5, 5.41) is 3.21. The molecule has 132 valence electrons. The van der Waals surface area contributed by atoms with Gasteiger partial charge in [0.1, 0.15) is 4.90 Å². The number of nitrogens with one attached hydrogen (secondary N) is 1. The summed E-state index contributed by atoms with van der Waals surface area (Å²) >= 11 is 0. The van der Waals surface area contributed by atoms with Crippen LogP contribution in [0, 0.1) is 6.92 Å². The first kappa shape index (κ1) is 17.6. The van der Waals surface area contributed by atoms with E-state index in [4.69, 9.17) is 4.18 Å². The summed E-state index contributed by atoms with van der Waals surface area (Å²) in [6.07, 6.45) is 0.999. The van der Waals surface area contributed by atoms with Crippen molar-refractivity contribution in [2.45, 2.75) is 30.1 Å². The first-order valence-electron chi connectivity index (χ1n) is 8.26. The van der Waals surface area contributed by atoms with Crippen LogP contribution in [0.4, 0.5) is 0 Å². The lowest BCUT2D eigenvalue weighted by atomic mass is 9.73. The Kier molecular flexibility index (Phi) is 4.92. The molecule has 1 N–H and O–H groups in total. The molecule has 1 fully saturated rings. The number of benzene rings is 2. The quantitative estimate of drug-likeness (QED) is 0.850. The van der Waals surface area contributed by atoms with Crippen molar-refractivity contribution in [3.63, 3.8) is 0 Å². The highest BCUT2D eigenvalue weighted by atomic mass is 32.2. The third-order valence-corrected chi connectivity index (χ3v) is 5.89. The van der Waals surface area contributed by atoms with Crippen molar-refractivity contribution in [2.24, 2.45) is 0 Å². The van der Waals surface area contributed by atoms with Crippen molar-refractivity contribution < 1.29 is 17.4 Å². The van der Waals surface area contributed by atoms with E-state index in [0.29, 0.717) is 25.9 Å². The summed E-state index contributed by atoms with van der Waals surface area (Å²) in [5.74, 6) is -0.708. The summed E-state index contributed by atoms with van der Waals surface area (Å²) in [7, 11) is -4.14. The molecule has 0 atom stereocenters. The average molecular weight is 359 g/mol. The Balaban J connectivity index is 1.92. The van der Waals surface area contributed by atoms with Gasteiger partial charge in [-0.3, -0.25) is 0 Å². The van der Waals surface area contributed by atoms with E-state index in [9.17, 15) is 13.2 Å². The molecule has 0 aromatic heterocycles. The van der Waals surface area contributed by atoms with E-state index in [2.05, 4.69) is 5.32 Å². The van der Waals surface area contributed by atoms with Crippen LogP contribution in [-0.4, -0.2) is 27.5 Å². The molecular formula is C19H21NO4S. The lowest BCUT2D eigenvalue weighted by molar-refractivity contribution is -0.141. The summed E-state index contributed by atoms with van der Waals surface area (Å²) in [4.78, 5) is 12.9. The van der Waals surface area contributed by atoms with E-state index < -0.39 is 21.5 Å². The molecule has 1 aliphatic rings. The molecule has 2 aromatic carbocycles. The van der Waals surface area contributed by atoms with Gasteiger partial charge in [-0.1, -0.05) is 48.0 Å². The third kappa shape index (κ3) is 3.60. The van der Waals surface area contributed by atoms with Gasteiger partial charge in [-0.2, -0.15) is 8.42 Å². The summed E-state index contributed by atoms with van der Waals surface area (Å²) in [6.45, 7) is 3.13. The highest BCUT2D eigenvalue weighted by Gasteiger charge is 2.44. The molecule has 0 radical (unpaired) electrons. The summed E-state index contributed by atoms with van der Waals surface area (Å²) < 4.78 is 30.1. The molecule has 0 unspecified atom stereocenters. The monoisotopic (exact) mass is 359 g/mol. The molecule has 25 heavy (non-hydrogen) atoms. The lowest BCUT2D eigenvalue weighted by Crippen LogP contribution is -2.47. The van der Waals surface area contributed by atoms with Gasteiger partial charge in [0.15, 0.2) is 0 Å². The van der Waals surface area contributed by atoms with Gasteiger partial charge >= 0.3 is 16.1 Å². The van der Waals surface area contributed by atoms with Crippen LogP contribution in [0.15, 0.2) is 59.5 Å². The fourth-order valence-corrected chi connectivity index (χ4v) is 4.08. The third-order valence-electron chi connectivity index (χ3n) is 4.67. The van der Waals surface area contributed by atoms with E-state index in [-0.39, 0.29) is 4.90 Å². The van der Waals surface area contributed by atoms with Crippen molar-refractivity contribution in [1.82, 2.24) is 5.32 Å². The number of carbonyl (C=O) groups excluding carboxylic acids is 1. The molecule has 5 nitrogen and oxygen atoms in total. The van der Waals surface area contributed by atoms with Crippen molar-refractivity contribution >= 4 is 16.1 Å². The second kappa shape index (κ2) is 6.98. The Morgan fingerprint density at radius 3 is 2.20 bits per heavy atom. The SMILES string of the molecule is Cc1ccc(S(=O)(=O)OC(=O)C2(c3ccccc3)CCNCC2)cc1. The smallest absolute Gasteiger partial charge is 0.341 e. The van der Waals surface area contributed by atoms with Crippen LogP contribution in [0.2, 0.25) is 0 Å². The number of rotatable bonds is 4. The molecular weight excluding hydrogens is 338 g/mol. The lowest BCUT2D eigenvalue weighted by Gasteiger charge is -2.35. The number of piperidine rings is 1. The number of aryl methyl sites for hydroxylation is 1. The van der Waals surface area contributed by atoms with Crippen LogP contribution in [-0.2, 0) is 24.5 Å². The van der Waals surface area contributed by atoms with Gasteiger partial charge in [0.05, 0.1) is 5.41 Å². The van der Waals surface area contributed by atoms with E-state index >= 15 is 0 Å². The zero-order valence-electron chi connectivity index (χ0n) is 14.1. The maximum absolute atomic E-state index is 12.9. The zero-order chi connectivity index (χ0) is 17.9. The molecule has 0 spiro atoms. The Morgan fingerprint density at radius 1 is 1.00 bits per heavy atom. The Labute approximate surface area is 148 Å². The summed E-state index contributed by atoms with van der Waals surface area (Å²) in [5.41, 5.74) is 0.787. The molecule has 0 saturated carbocycles. The fourth-order valence-electron chi connectivity index (χ4n) is 3.15. The molecule has 3 rings (SSSR count). The van der Waals surface area contributed by atoms with Gasteiger partial charge in [0, 0.05) is 0 Å². The van der Waals surface area contributed by atoms with Gasteiger partial charge in [-0.15, -0.1) is 0 Å². The van der Waals surface area contributed by atoms with Gasteiger partial charge in [0.25, 0.3) is 0 Å². The van der Waals surface area contributed by atoms with Crippen molar-refractivity contribution in [3.8, 4) is 0 Å². The first-order valence-corrected chi connectivity index (χ1v) is 9.67. The molecule has 1 aliphatic heterocycles. The number of hydrogen-bond donors (Lipinski definition) is 1. The van der Waals surface area contributed by atoms with Crippen LogP contribution in [0.25, 0.3) is 0 Å². The minimum atomic E-state index is -4.14. The van der Waals surface area contributed by atoms with E-state index in [1.807, 2.05) is 37.3 Å². The summed E-state index contributed by atoms with van der Waals surface area (Å²) in [6, 6.07) is 15.5. The van der Waals surface area contributed by atoms with Gasteiger partial charge in [-0.05, 0) is 50.6 Å². The van der Waals surface area contributed by atoms with Crippen LogP contribution in [0.5, 0.6) is 0 Å². The molecule has 0 aliphatic carbocycles. The molecule has 1 heterocycles. The maximum atomic E-state index is 12.9. The van der Waals surface area contributed by atoms with Crippen molar-refractivity contribution in [2.75, 3.05) is 13.1 Å². The van der Waals surface area contributed by atoms with Crippen molar-refractivity contribution in [1.29, 1.82) is 0 Å². The highest BCUT2D eigenvalue weighted by Crippen LogP contribution is 2.36. The van der Waals surface area contributed by atoms with E-state index in [0.717, 1.165) is 11.1 Å². The molecule has 0 bridgehead atoms. The zero-order valence-corrected chi connectivity index (χ0v) is 14.9. The highest BCUT2D eigenvalue weighted by molar-refractivity contribution is 7.87. The van der Waals surface area contributed by atoms with E-state index in [1.165, 1.54) is 12.1 Å². The molecule has 0 amide bonds. The van der Waals surface area contributed by atoms with Crippen molar-refractivity contribution in [3.05, 3.63) is 65.7 Å². The second-order valence-corrected chi connectivity index (χ2v) is 7.88. The van der Waals surface area contributed by atoms with Gasteiger partial charge in [0.2, 0.25) is 0 Å². The topological polar surface area (TPSA) is 72.5 Å². The first-order chi connectivity index (χ1) is 11.9. The Hall–Kier alpha value is -2.18. The molecule has 6 heteroatoms. The number of hydrogen-bond acceptors (Lipinski definition) is 5. The second-order valence-electron chi connectivity index (χ2n) is 6.34. The van der Waals surface area contributed by atoms with Crippen LogP contribution < -0.4 is 5.32 Å². The largest absolute Gasteiger partial charge is 0.341 e. The standard InChI is InChI=1S/C19H21NO4S/c1-15-7-9-17(10-8-15)25(22,23)24-18(21)19(11-13-20-14-12-19)16-5-3-2-4-6-16/h2-10,20H,11-14H2,1H3. The minimum Gasteiger partial charge on any atom is -0.341 e. The average Bonchev–Trinajstić information content (AvgIpc) is 2.63. The van der Waals surface area contributed by atoms with Crippen LogP contribution >= 0.6 is 0 Å². The van der Waals surface area contributed by atoms with E-state index in [1.54, 1.807) is 12.1 Å². The maximum Gasteiger partial charge on any atom is 0.341 e. The minimum absolute atomic E-state index is 0.0106. The molecule has 1 saturated heterocycles. The molecule has 2 aromatic rings. The van der Waals surface area contributed by atoms with Crippen LogP contribution in [0.3, 0.4) is 0 Å². The van der Waals surface area contributed by atoms with Gasteiger partial charge < -0.3 is 9.50 Å². The predicted molar refractivity (Wildman–Crippen MR) is 94.7 cm³/mol. The van der Waals surface area contributed by atoms with Gasteiger partial charge in [-0.25, -0.2) is 4.79 Å². The fraction of sp³-hybridized carbons (Fsp3) is 0.316. The normalized spacial score (nSPS) is 17.0. The number of carbonyl (C=O) groups is 1. The predicted octanol–water partition coefficient (Wildman–Crippen LogP) is 2.55. The van der Waals surface area contributed by atoms with Crippen LogP contribution in [0.1, 0.15) is 24.0 Å². The Morgan fingerprint density at radius 2 is 1.60 bits per heavy atom.